The minimum absolute atomic E-state index is 0.151. The van der Waals surface area contributed by atoms with Gasteiger partial charge in [0.2, 0.25) is 0 Å². The topological polar surface area (TPSA) is 65.1 Å². The normalized spacial score (nSPS) is 12.1. The molecular formula is C19H12F3N5O. The fraction of sp³-hybridized carbons (Fsp3) is 0.0526. The average Bonchev–Trinajstić information content (AvgIpc) is 3.13. The van der Waals surface area contributed by atoms with Crippen molar-refractivity contribution in [1.82, 2.24) is 19.4 Å². The lowest BCUT2D eigenvalue weighted by Gasteiger charge is -2.09. The standard InChI is InChI=1S/C19H12F3N5O/c20-19(21,22)16-9-5-4-6-13(16)10-24-26-12-23-17-15(18(26)28)11-25-27(17)14-7-2-1-3-8-14/h1-12H/b24-10+. The highest BCUT2D eigenvalue weighted by molar-refractivity contribution is 5.82. The number of nitrogens with zero attached hydrogens (tertiary/aromatic N) is 5. The molecule has 0 bridgehead atoms. The number of benzene rings is 2. The molecule has 0 amide bonds. The number of halogens is 3. The number of rotatable bonds is 3. The molecule has 0 aliphatic heterocycles. The van der Waals surface area contributed by atoms with Gasteiger partial charge in [-0.1, -0.05) is 36.4 Å². The molecule has 9 heteroatoms. The van der Waals surface area contributed by atoms with Crippen molar-refractivity contribution in [3.05, 3.63) is 88.6 Å². The highest BCUT2D eigenvalue weighted by atomic mass is 19.4. The summed E-state index contributed by atoms with van der Waals surface area (Å²) in [5.41, 5.74) is -0.462. The molecule has 0 saturated heterocycles. The van der Waals surface area contributed by atoms with Crippen molar-refractivity contribution in [2.75, 3.05) is 0 Å². The lowest BCUT2D eigenvalue weighted by molar-refractivity contribution is -0.137. The van der Waals surface area contributed by atoms with Crippen molar-refractivity contribution >= 4 is 17.2 Å². The van der Waals surface area contributed by atoms with Crippen molar-refractivity contribution in [3.8, 4) is 5.69 Å². The van der Waals surface area contributed by atoms with Gasteiger partial charge in [-0.15, -0.1) is 0 Å². The van der Waals surface area contributed by atoms with Crippen LogP contribution in [0.4, 0.5) is 13.2 Å². The molecule has 140 valence electrons. The van der Waals surface area contributed by atoms with Gasteiger partial charge < -0.3 is 0 Å². The zero-order chi connectivity index (χ0) is 19.7. The van der Waals surface area contributed by atoms with Gasteiger partial charge in [0.05, 0.1) is 23.7 Å². The molecule has 0 saturated carbocycles. The van der Waals surface area contributed by atoms with E-state index in [4.69, 9.17) is 0 Å². The second-order valence-electron chi connectivity index (χ2n) is 5.85. The molecule has 2 heterocycles. The number of hydrogen-bond acceptors (Lipinski definition) is 4. The SMILES string of the molecule is O=c1c2cnn(-c3ccccc3)c2ncn1/N=C/c1ccccc1C(F)(F)F. The molecule has 0 aliphatic carbocycles. The van der Waals surface area contributed by atoms with E-state index in [1.807, 2.05) is 30.3 Å². The van der Waals surface area contributed by atoms with Crippen LogP contribution in [0.25, 0.3) is 16.7 Å². The summed E-state index contributed by atoms with van der Waals surface area (Å²) >= 11 is 0. The van der Waals surface area contributed by atoms with Gasteiger partial charge in [-0.3, -0.25) is 4.79 Å². The molecule has 0 unspecified atom stereocenters. The Morgan fingerprint density at radius 3 is 2.46 bits per heavy atom. The second kappa shape index (κ2) is 6.76. The van der Waals surface area contributed by atoms with E-state index in [9.17, 15) is 18.0 Å². The van der Waals surface area contributed by atoms with Gasteiger partial charge >= 0.3 is 6.18 Å². The van der Waals surface area contributed by atoms with E-state index >= 15 is 0 Å². The van der Waals surface area contributed by atoms with E-state index < -0.39 is 17.3 Å². The van der Waals surface area contributed by atoms with E-state index in [0.717, 1.165) is 29.0 Å². The first-order valence-electron chi connectivity index (χ1n) is 8.16. The van der Waals surface area contributed by atoms with Gasteiger partial charge in [0.15, 0.2) is 5.65 Å². The molecule has 0 N–H and O–H groups in total. The summed E-state index contributed by atoms with van der Waals surface area (Å²) in [6.07, 6.45) is -1.03. The number of aromatic nitrogens is 4. The maximum absolute atomic E-state index is 13.1. The first-order valence-corrected chi connectivity index (χ1v) is 8.16. The van der Waals surface area contributed by atoms with Crippen molar-refractivity contribution in [1.29, 1.82) is 0 Å². The van der Waals surface area contributed by atoms with Crippen LogP contribution in [0.2, 0.25) is 0 Å². The second-order valence-corrected chi connectivity index (χ2v) is 5.85. The molecule has 2 aromatic heterocycles. The number of para-hydroxylation sites is 1. The van der Waals surface area contributed by atoms with Crippen LogP contribution in [0.5, 0.6) is 0 Å². The third-order valence-electron chi connectivity index (χ3n) is 4.06. The molecular weight excluding hydrogens is 371 g/mol. The first-order chi connectivity index (χ1) is 13.4. The van der Waals surface area contributed by atoms with Crippen LogP contribution in [0, 0.1) is 0 Å². The Morgan fingerprint density at radius 2 is 1.71 bits per heavy atom. The minimum atomic E-state index is -4.52. The maximum atomic E-state index is 13.1. The van der Waals surface area contributed by atoms with Gasteiger partial charge in [0.1, 0.15) is 11.7 Å². The van der Waals surface area contributed by atoms with Crippen molar-refractivity contribution < 1.29 is 13.2 Å². The van der Waals surface area contributed by atoms with Gasteiger partial charge in [0, 0.05) is 5.56 Å². The third-order valence-corrected chi connectivity index (χ3v) is 4.06. The fourth-order valence-electron chi connectivity index (χ4n) is 2.73. The molecule has 0 radical (unpaired) electrons. The Hall–Kier alpha value is -3.75. The highest BCUT2D eigenvalue weighted by Crippen LogP contribution is 2.31. The van der Waals surface area contributed by atoms with Crippen LogP contribution in [0.15, 0.2) is 77.0 Å². The molecule has 28 heavy (non-hydrogen) atoms. The predicted molar refractivity (Wildman–Crippen MR) is 97.6 cm³/mol. The molecule has 4 aromatic rings. The first kappa shape index (κ1) is 17.7. The maximum Gasteiger partial charge on any atom is 0.417 e. The number of hydrogen-bond donors (Lipinski definition) is 0. The Balaban J connectivity index is 1.75. The third kappa shape index (κ3) is 3.18. The number of fused-ring (bicyclic) bond motifs is 1. The molecule has 0 fully saturated rings. The summed E-state index contributed by atoms with van der Waals surface area (Å²) < 4.78 is 41.6. The quantitative estimate of drug-likeness (QED) is 0.509. The lowest BCUT2D eigenvalue weighted by atomic mass is 10.1. The van der Waals surface area contributed by atoms with Crippen LogP contribution in [0.1, 0.15) is 11.1 Å². The fourth-order valence-corrected chi connectivity index (χ4v) is 2.73. The van der Waals surface area contributed by atoms with Crippen LogP contribution < -0.4 is 5.56 Å². The smallest absolute Gasteiger partial charge is 0.266 e. The highest BCUT2D eigenvalue weighted by Gasteiger charge is 2.32. The van der Waals surface area contributed by atoms with Gasteiger partial charge in [-0.2, -0.15) is 28.0 Å². The average molecular weight is 383 g/mol. The summed E-state index contributed by atoms with van der Waals surface area (Å²) in [5, 5.41) is 8.24. The molecule has 2 aromatic carbocycles. The van der Waals surface area contributed by atoms with Crippen LogP contribution >= 0.6 is 0 Å². The van der Waals surface area contributed by atoms with Crippen molar-refractivity contribution in [3.63, 3.8) is 0 Å². The summed E-state index contributed by atoms with van der Waals surface area (Å²) in [6.45, 7) is 0. The van der Waals surface area contributed by atoms with E-state index in [0.29, 0.717) is 5.65 Å². The summed E-state index contributed by atoms with van der Waals surface area (Å²) in [7, 11) is 0. The van der Waals surface area contributed by atoms with E-state index in [2.05, 4.69) is 15.2 Å². The lowest BCUT2D eigenvalue weighted by Crippen LogP contribution is -2.17. The minimum Gasteiger partial charge on any atom is -0.266 e. The van der Waals surface area contributed by atoms with Gasteiger partial charge in [-0.05, 0) is 18.2 Å². The number of alkyl halides is 3. The Bertz CT molecular complexity index is 1230. The van der Waals surface area contributed by atoms with E-state index in [1.165, 1.54) is 29.1 Å². The Kier molecular flexibility index (Phi) is 4.26. The Labute approximate surface area is 156 Å². The largest absolute Gasteiger partial charge is 0.417 e. The zero-order valence-electron chi connectivity index (χ0n) is 14.2. The zero-order valence-corrected chi connectivity index (χ0v) is 14.2. The van der Waals surface area contributed by atoms with Crippen molar-refractivity contribution in [2.24, 2.45) is 5.10 Å². The van der Waals surface area contributed by atoms with Crippen molar-refractivity contribution in [2.45, 2.75) is 6.18 Å². The molecule has 6 nitrogen and oxygen atoms in total. The van der Waals surface area contributed by atoms with Gasteiger partial charge in [-0.25, -0.2) is 9.67 Å². The molecule has 0 atom stereocenters. The Morgan fingerprint density at radius 1 is 1.00 bits per heavy atom. The molecule has 4 rings (SSSR count). The summed E-state index contributed by atoms with van der Waals surface area (Å²) in [5.74, 6) is 0. The van der Waals surface area contributed by atoms with Crippen LogP contribution in [-0.2, 0) is 6.18 Å². The van der Waals surface area contributed by atoms with Gasteiger partial charge in [0.25, 0.3) is 5.56 Å². The van der Waals surface area contributed by atoms with Crippen LogP contribution in [-0.4, -0.2) is 25.7 Å². The molecule has 0 spiro atoms. The summed E-state index contributed by atoms with van der Waals surface area (Å²) in [4.78, 5) is 16.8. The van der Waals surface area contributed by atoms with E-state index in [1.54, 1.807) is 0 Å². The molecule has 0 aliphatic rings. The van der Waals surface area contributed by atoms with E-state index in [-0.39, 0.29) is 10.9 Å². The summed E-state index contributed by atoms with van der Waals surface area (Å²) in [6, 6.07) is 14.1. The monoisotopic (exact) mass is 383 g/mol. The van der Waals surface area contributed by atoms with Crippen LogP contribution in [0.3, 0.4) is 0 Å². The predicted octanol–water partition coefficient (Wildman–Crippen LogP) is 3.48.